The second-order valence-electron chi connectivity index (χ2n) is 15.0. The molecule has 2 aliphatic rings. The fraction of sp³-hybridized carbons (Fsp3) is 0.0189. The van der Waals surface area contributed by atoms with E-state index in [2.05, 4.69) is 210 Å². The Balaban J connectivity index is 1.17. The van der Waals surface area contributed by atoms with Crippen molar-refractivity contribution in [1.29, 1.82) is 0 Å². The van der Waals surface area contributed by atoms with E-state index in [1.165, 1.54) is 71.6 Å². The largest absolute Gasteiger partial charge is 0.309 e. The predicted molar refractivity (Wildman–Crippen MR) is 234 cm³/mol. The summed E-state index contributed by atoms with van der Waals surface area (Å²) in [5.41, 5.74) is 16.2. The summed E-state index contributed by atoms with van der Waals surface area (Å²) < 4.78 is 2.37. The van der Waals surface area contributed by atoms with Crippen molar-refractivity contribution in [1.82, 2.24) is 4.57 Å². The molecule has 56 heavy (non-hydrogen) atoms. The maximum atomic E-state index is 7.59. The zero-order valence-electron chi connectivity index (χ0n) is 30.3. The second-order valence-corrected chi connectivity index (χ2v) is 15.4. The molecule has 1 heterocycles. The van der Waals surface area contributed by atoms with Gasteiger partial charge in [-0.3, -0.25) is 0 Å². The van der Waals surface area contributed by atoms with Gasteiger partial charge in [0.25, 0.3) is 0 Å². The second kappa shape index (κ2) is 11.8. The van der Waals surface area contributed by atoms with Crippen molar-refractivity contribution in [2.24, 2.45) is 0 Å². The highest BCUT2D eigenvalue weighted by Gasteiger charge is 2.53. The molecule has 0 amide bonds. The number of halogens is 1. The van der Waals surface area contributed by atoms with E-state index >= 15 is 0 Å². The van der Waals surface area contributed by atoms with E-state index in [1.807, 2.05) is 0 Å². The molecule has 3 heteroatoms. The molecule has 0 radical (unpaired) electrons. The van der Waals surface area contributed by atoms with Crippen molar-refractivity contribution in [3.63, 3.8) is 0 Å². The van der Waals surface area contributed by atoms with Gasteiger partial charge in [0.1, 0.15) is 0 Å². The molecule has 2 aliphatic carbocycles. The van der Waals surface area contributed by atoms with Gasteiger partial charge in [-0.1, -0.05) is 145 Å². The van der Waals surface area contributed by atoms with Crippen LogP contribution < -0.4 is 4.90 Å². The number of anilines is 3. The average Bonchev–Trinajstić information content (AvgIpc) is 3.86. The Morgan fingerprint density at radius 1 is 0.411 bits per heavy atom. The Bertz CT molecular complexity index is 3220. The lowest BCUT2D eigenvalue weighted by atomic mass is 9.70. The maximum Gasteiger partial charge on any atom is 0.0729 e. The zero-order valence-corrected chi connectivity index (χ0v) is 31.1. The lowest BCUT2D eigenvalue weighted by Gasteiger charge is -2.32. The minimum Gasteiger partial charge on any atom is -0.309 e. The van der Waals surface area contributed by atoms with Gasteiger partial charge in [-0.05, 0) is 116 Å². The molecule has 1 unspecified atom stereocenters. The summed E-state index contributed by atoms with van der Waals surface area (Å²) >= 11 is 7.59. The minimum atomic E-state index is -0.517. The molecule has 0 fully saturated rings. The van der Waals surface area contributed by atoms with Gasteiger partial charge in [-0.15, -0.1) is 0 Å². The predicted octanol–water partition coefficient (Wildman–Crippen LogP) is 14.4. The lowest BCUT2D eigenvalue weighted by Crippen LogP contribution is -2.26. The highest BCUT2D eigenvalue weighted by molar-refractivity contribution is 6.35. The van der Waals surface area contributed by atoms with Crippen LogP contribution in [-0.4, -0.2) is 4.57 Å². The zero-order chi connectivity index (χ0) is 37.0. The molecular formula is C53H33ClN2. The topological polar surface area (TPSA) is 8.17 Å². The Hall–Kier alpha value is -6.87. The smallest absolute Gasteiger partial charge is 0.0729 e. The van der Waals surface area contributed by atoms with Gasteiger partial charge in [0.2, 0.25) is 0 Å². The monoisotopic (exact) mass is 732 g/mol. The van der Waals surface area contributed by atoms with E-state index in [4.69, 9.17) is 11.6 Å². The SMILES string of the molecule is Clc1ccc2c(c1N(c1ccccc1)c1ccc3c(c1)c1ccccc1n3-c1ccccc1)-c1ccccc1C21c2ccccc2-c2cc3ccccc3cc21. The first-order valence-corrected chi connectivity index (χ1v) is 19.6. The molecule has 262 valence electrons. The summed E-state index contributed by atoms with van der Waals surface area (Å²) in [5, 5.41) is 5.60. The molecule has 12 rings (SSSR count). The van der Waals surface area contributed by atoms with Gasteiger partial charge in [0.15, 0.2) is 0 Å². The van der Waals surface area contributed by atoms with Gasteiger partial charge in [-0.2, -0.15) is 0 Å². The first kappa shape index (κ1) is 31.5. The molecule has 0 aliphatic heterocycles. The van der Waals surface area contributed by atoms with Gasteiger partial charge in [0.05, 0.1) is 27.2 Å². The van der Waals surface area contributed by atoms with E-state index in [9.17, 15) is 0 Å². The van der Waals surface area contributed by atoms with Crippen molar-refractivity contribution in [2.45, 2.75) is 5.41 Å². The number of hydrogen-bond donors (Lipinski definition) is 0. The molecule has 10 aromatic rings. The molecule has 1 spiro atoms. The van der Waals surface area contributed by atoms with Crippen LogP contribution in [0.5, 0.6) is 0 Å². The minimum absolute atomic E-state index is 0.517. The first-order chi connectivity index (χ1) is 27.7. The maximum absolute atomic E-state index is 7.59. The third-order valence-corrected chi connectivity index (χ3v) is 12.5. The third kappa shape index (κ3) is 4.17. The standard InChI is InChI=1S/C53H33ClN2/c54-48-29-28-46-51(41-23-10-13-25-45(41)53(46)44-24-12-9-21-39(44)42-31-34-15-7-8-16-35(34)32-47(42)53)52(48)55(36-17-3-1-4-18-36)38-27-30-50-43(33-38)40-22-11-14-26-49(40)56(50)37-19-5-2-6-20-37/h1-33H. The summed E-state index contributed by atoms with van der Waals surface area (Å²) in [6.45, 7) is 0. The van der Waals surface area contributed by atoms with Gasteiger partial charge < -0.3 is 9.47 Å². The average molecular weight is 733 g/mol. The number of aromatic nitrogens is 1. The van der Waals surface area contributed by atoms with Crippen LogP contribution in [0, 0.1) is 0 Å². The summed E-state index contributed by atoms with van der Waals surface area (Å²) in [6, 6.07) is 72.9. The van der Waals surface area contributed by atoms with Crippen LogP contribution >= 0.6 is 11.6 Å². The van der Waals surface area contributed by atoms with Crippen LogP contribution in [-0.2, 0) is 5.41 Å². The number of benzene rings is 9. The number of hydrogen-bond acceptors (Lipinski definition) is 1. The molecule has 0 saturated heterocycles. The molecule has 0 N–H and O–H groups in total. The van der Waals surface area contributed by atoms with Crippen molar-refractivity contribution in [2.75, 3.05) is 4.90 Å². The summed E-state index contributed by atoms with van der Waals surface area (Å²) in [4.78, 5) is 2.38. The van der Waals surface area contributed by atoms with E-state index in [0.29, 0.717) is 5.02 Å². The van der Waals surface area contributed by atoms with Crippen molar-refractivity contribution in [3.8, 4) is 27.9 Å². The Labute approximate surface area is 330 Å². The van der Waals surface area contributed by atoms with Crippen LogP contribution in [0.3, 0.4) is 0 Å². The first-order valence-electron chi connectivity index (χ1n) is 19.2. The molecule has 2 nitrogen and oxygen atoms in total. The number of rotatable bonds is 4. The third-order valence-electron chi connectivity index (χ3n) is 12.2. The molecule has 0 bridgehead atoms. The van der Waals surface area contributed by atoms with E-state index in [0.717, 1.165) is 28.3 Å². The Morgan fingerprint density at radius 3 is 1.84 bits per heavy atom. The number of fused-ring (bicyclic) bond motifs is 14. The van der Waals surface area contributed by atoms with Crippen LogP contribution in [0.15, 0.2) is 200 Å². The van der Waals surface area contributed by atoms with Gasteiger partial charge in [-0.25, -0.2) is 0 Å². The van der Waals surface area contributed by atoms with Crippen LogP contribution in [0.2, 0.25) is 5.02 Å². The van der Waals surface area contributed by atoms with E-state index < -0.39 is 5.41 Å². The highest BCUT2D eigenvalue weighted by atomic mass is 35.5. The summed E-state index contributed by atoms with van der Waals surface area (Å²) in [7, 11) is 0. The molecular weight excluding hydrogens is 700 g/mol. The molecule has 0 saturated carbocycles. The number of nitrogens with zero attached hydrogens (tertiary/aromatic N) is 2. The van der Waals surface area contributed by atoms with Crippen LogP contribution in [0.4, 0.5) is 17.1 Å². The van der Waals surface area contributed by atoms with Crippen molar-refractivity contribution in [3.05, 3.63) is 227 Å². The van der Waals surface area contributed by atoms with Crippen LogP contribution in [0.25, 0.3) is 60.5 Å². The van der Waals surface area contributed by atoms with Gasteiger partial charge in [0, 0.05) is 33.4 Å². The van der Waals surface area contributed by atoms with E-state index in [1.54, 1.807) is 0 Å². The van der Waals surface area contributed by atoms with Crippen molar-refractivity contribution < 1.29 is 0 Å². The summed E-state index contributed by atoms with van der Waals surface area (Å²) in [6.07, 6.45) is 0. The molecule has 9 aromatic carbocycles. The van der Waals surface area contributed by atoms with E-state index in [-0.39, 0.29) is 0 Å². The summed E-state index contributed by atoms with van der Waals surface area (Å²) in [5.74, 6) is 0. The van der Waals surface area contributed by atoms with Gasteiger partial charge >= 0.3 is 0 Å². The molecule has 1 atom stereocenters. The normalized spacial score (nSPS) is 14.9. The van der Waals surface area contributed by atoms with Crippen LogP contribution in [0.1, 0.15) is 22.3 Å². The fourth-order valence-electron chi connectivity index (χ4n) is 10.0. The number of para-hydroxylation sites is 3. The Kier molecular flexibility index (Phi) is 6.64. The van der Waals surface area contributed by atoms with Crippen molar-refractivity contribution >= 4 is 61.2 Å². The fourth-order valence-corrected chi connectivity index (χ4v) is 10.3. The lowest BCUT2D eigenvalue weighted by molar-refractivity contribution is 0.795. The highest BCUT2D eigenvalue weighted by Crippen LogP contribution is 2.66. The molecule has 1 aromatic heterocycles. The quantitative estimate of drug-likeness (QED) is 0.175. The Morgan fingerprint density at radius 2 is 1.04 bits per heavy atom.